The molecule has 0 spiro atoms. The van der Waals surface area contributed by atoms with Gasteiger partial charge in [0.1, 0.15) is 0 Å². The van der Waals surface area contributed by atoms with Crippen molar-refractivity contribution in [1.29, 1.82) is 0 Å². The van der Waals surface area contributed by atoms with Crippen molar-refractivity contribution in [3.63, 3.8) is 0 Å². The first kappa shape index (κ1) is 21.2. The fourth-order valence-corrected chi connectivity index (χ4v) is 4.02. The highest BCUT2D eigenvalue weighted by Gasteiger charge is 2.12. The van der Waals surface area contributed by atoms with Crippen LogP contribution in [0.2, 0.25) is 0 Å². The van der Waals surface area contributed by atoms with Gasteiger partial charge < -0.3 is 16.0 Å². The molecule has 0 radical (unpaired) electrons. The maximum absolute atomic E-state index is 12.0. The summed E-state index contributed by atoms with van der Waals surface area (Å²) in [7, 11) is 0. The largest absolute Gasteiger partial charge is 0.347 e. The summed E-state index contributed by atoms with van der Waals surface area (Å²) in [5.41, 5.74) is 1.18. The molecule has 0 aliphatic heterocycles. The Morgan fingerprint density at radius 3 is 2.45 bits per heavy atom. The number of amides is 3. The highest BCUT2D eigenvalue weighted by Crippen LogP contribution is 2.17. The number of rotatable bonds is 8. The van der Waals surface area contributed by atoms with Crippen LogP contribution in [0, 0.1) is 0 Å². The lowest BCUT2D eigenvalue weighted by Gasteiger charge is -2.06. The minimum atomic E-state index is -0.322. The number of nitrogens with zero attached hydrogens (tertiary/aromatic N) is 1. The average molecular weight is 493 g/mol. The summed E-state index contributed by atoms with van der Waals surface area (Å²) >= 11 is 6.10. The molecule has 1 aromatic carbocycles. The Balaban J connectivity index is 1.40. The second-order valence-corrected chi connectivity index (χ2v) is 8.76. The smallest absolute Gasteiger partial charge is 0.243 e. The Morgan fingerprint density at radius 1 is 0.931 bits per heavy atom. The zero-order valence-corrected chi connectivity index (χ0v) is 18.3. The van der Waals surface area contributed by atoms with Crippen LogP contribution < -0.4 is 16.0 Å². The Hall–Kier alpha value is -2.56. The SMILES string of the molecule is O=C(Cc1csc(NC(=O)Cc2cccs2)n1)NCC(=O)Nc1ccc(Br)cc1. The lowest BCUT2D eigenvalue weighted by atomic mass is 10.3. The molecule has 3 N–H and O–H groups in total. The van der Waals surface area contributed by atoms with Gasteiger partial charge in [0.15, 0.2) is 5.13 Å². The van der Waals surface area contributed by atoms with Gasteiger partial charge in [0.05, 0.1) is 25.1 Å². The standard InChI is InChI=1S/C19H17BrN4O3S2/c20-12-3-5-13(6-4-12)22-18(27)10-21-16(25)8-14-11-29-19(23-14)24-17(26)9-15-2-1-7-28-15/h1-7,11H,8-10H2,(H,21,25)(H,22,27)(H,23,24,26). The van der Waals surface area contributed by atoms with Crippen molar-refractivity contribution in [2.45, 2.75) is 12.8 Å². The molecule has 0 aliphatic carbocycles. The molecule has 29 heavy (non-hydrogen) atoms. The topological polar surface area (TPSA) is 100 Å². The van der Waals surface area contributed by atoms with Crippen LogP contribution in [0.4, 0.5) is 10.8 Å². The van der Waals surface area contributed by atoms with Gasteiger partial charge in [-0.25, -0.2) is 4.98 Å². The number of hydrogen-bond donors (Lipinski definition) is 3. The van der Waals surface area contributed by atoms with Crippen LogP contribution in [0.15, 0.2) is 51.6 Å². The van der Waals surface area contributed by atoms with Gasteiger partial charge in [0.2, 0.25) is 17.7 Å². The zero-order chi connectivity index (χ0) is 20.6. The number of benzene rings is 1. The van der Waals surface area contributed by atoms with Crippen molar-refractivity contribution in [3.8, 4) is 0 Å². The maximum atomic E-state index is 12.0. The number of thiazole rings is 1. The number of halogens is 1. The average Bonchev–Trinajstić information content (AvgIpc) is 3.34. The minimum Gasteiger partial charge on any atom is -0.347 e. The van der Waals surface area contributed by atoms with Gasteiger partial charge in [0, 0.05) is 20.4 Å². The number of thiophene rings is 1. The third-order valence-corrected chi connectivity index (χ3v) is 5.84. The van der Waals surface area contributed by atoms with Crippen LogP contribution in [-0.4, -0.2) is 29.3 Å². The summed E-state index contributed by atoms with van der Waals surface area (Å²) < 4.78 is 0.911. The van der Waals surface area contributed by atoms with Gasteiger partial charge in [-0.2, -0.15) is 0 Å². The Morgan fingerprint density at radius 2 is 1.72 bits per heavy atom. The van der Waals surface area contributed by atoms with E-state index in [1.807, 2.05) is 29.6 Å². The highest BCUT2D eigenvalue weighted by molar-refractivity contribution is 9.10. The van der Waals surface area contributed by atoms with Crippen molar-refractivity contribution in [2.24, 2.45) is 0 Å². The number of hydrogen-bond acceptors (Lipinski definition) is 6. The Kier molecular flexibility index (Phi) is 7.50. The lowest BCUT2D eigenvalue weighted by molar-refractivity contribution is -0.123. The van der Waals surface area contributed by atoms with Crippen LogP contribution in [0.3, 0.4) is 0 Å². The van der Waals surface area contributed by atoms with E-state index in [2.05, 4.69) is 36.9 Å². The molecule has 2 aromatic heterocycles. The van der Waals surface area contributed by atoms with Crippen molar-refractivity contribution < 1.29 is 14.4 Å². The molecule has 0 saturated carbocycles. The summed E-state index contributed by atoms with van der Waals surface area (Å²) in [6, 6.07) is 10.9. The molecule has 0 unspecified atom stereocenters. The molecular formula is C19H17BrN4O3S2. The van der Waals surface area contributed by atoms with E-state index in [0.29, 0.717) is 22.9 Å². The molecule has 0 saturated heterocycles. The molecule has 3 amide bonds. The normalized spacial score (nSPS) is 10.4. The van der Waals surface area contributed by atoms with Gasteiger partial charge >= 0.3 is 0 Å². The van der Waals surface area contributed by atoms with Gasteiger partial charge in [0.25, 0.3) is 0 Å². The summed E-state index contributed by atoms with van der Waals surface area (Å²) in [6.07, 6.45) is 0.323. The van der Waals surface area contributed by atoms with E-state index in [0.717, 1.165) is 9.35 Å². The first-order valence-corrected chi connectivity index (χ1v) is 11.1. The zero-order valence-electron chi connectivity index (χ0n) is 15.1. The van der Waals surface area contributed by atoms with Gasteiger partial charge in [-0.05, 0) is 35.7 Å². The van der Waals surface area contributed by atoms with Crippen LogP contribution in [0.5, 0.6) is 0 Å². The molecule has 3 aromatic rings. The van der Waals surface area contributed by atoms with E-state index in [1.165, 1.54) is 22.7 Å². The molecule has 10 heteroatoms. The van der Waals surface area contributed by atoms with Crippen molar-refractivity contribution >= 4 is 67.1 Å². The lowest BCUT2D eigenvalue weighted by Crippen LogP contribution is -2.33. The highest BCUT2D eigenvalue weighted by atomic mass is 79.9. The molecule has 150 valence electrons. The second kappa shape index (κ2) is 10.3. The summed E-state index contributed by atoms with van der Waals surface area (Å²) in [4.78, 5) is 41.2. The molecular weight excluding hydrogens is 476 g/mol. The molecule has 7 nitrogen and oxygen atoms in total. The number of aromatic nitrogens is 1. The second-order valence-electron chi connectivity index (χ2n) is 5.96. The van der Waals surface area contributed by atoms with Crippen LogP contribution >= 0.6 is 38.6 Å². The molecule has 0 bridgehead atoms. The minimum absolute atomic E-state index is 0.0306. The predicted molar refractivity (Wildman–Crippen MR) is 118 cm³/mol. The molecule has 0 atom stereocenters. The molecule has 0 aliphatic rings. The van der Waals surface area contributed by atoms with Crippen molar-refractivity contribution in [2.75, 3.05) is 17.2 Å². The van der Waals surface area contributed by atoms with E-state index in [9.17, 15) is 14.4 Å². The van der Waals surface area contributed by atoms with E-state index in [1.54, 1.807) is 17.5 Å². The number of anilines is 2. The first-order chi connectivity index (χ1) is 14.0. The Labute approximate surface area is 183 Å². The molecule has 2 heterocycles. The first-order valence-electron chi connectivity index (χ1n) is 8.56. The van der Waals surface area contributed by atoms with Crippen LogP contribution in [0.1, 0.15) is 10.6 Å². The van der Waals surface area contributed by atoms with Crippen LogP contribution in [0.25, 0.3) is 0 Å². The van der Waals surface area contributed by atoms with Gasteiger partial charge in [-0.15, -0.1) is 22.7 Å². The van der Waals surface area contributed by atoms with Crippen molar-refractivity contribution in [1.82, 2.24) is 10.3 Å². The van der Waals surface area contributed by atoms with Gasteiger partial charge in [-0.1, -0.05) is 22.0 Å². The molecule has 0 fully saturated rings. The van der Waals surface area contributed by atoms with E-state index in [-0.39, 0.29) is 30.7 Å². The van der Waals surface area contributed by atoms with Crippen molar-refractivity contribution in [3.05, 3.63) is 62.2 Å². The summed E-state index contributed by atoms with van der Waals surface area (Å²) in [5, 5.41) is 12.1. The van der Waals surface area contributed by atoms with E-state index >= 15 is 0 Å². The number of nitrogens with one attached hydrogen (secondary N) is 3. The predicted octanol–water partition coefficient (Wildman–Crippen LogP) is 3.45. The number of carbonyl (C=O) groups is 3. The number of carbonyl (C=O) groups excluding carboxylic acids is 3. The maximum Gasteiger partial charge on any atom is 0.243 e. The van der Waals surface area contributed by atoms with E-state index < -0.39 is 0 Å². The summed E-state index contributed by atoms with van der Waals surface area (Å²) in [5.74, 6) is -0.791. The third-order valence-electron chi connectivity index (χ3n) is 3.63. The molecule has 3 rings (SSSR count). The monoisotopic (exact) mass is 492 g/mol. The van der Waals surface area contributed by atoms with Crippen LogP contribution in [-0.2, 0) is 27.2 Å². The van der Waals surface area contributed by atoms with E-state index in [4.69, 9.17) is 0 Å². The summed E-state index contributed by atoms with van der Waals surface area (Å²) in [6.45, 7) is -0.135. The van der Waals surface area contributed by atoms with Gasteiger partial charge in [-0.3, -0.25) is 14.4 Å². The fraction of sp³-hybridized carbons (Fsp3) is 0.158. The fourth-order valence-electron chi connectivity index (χ4n) is 2.32. The third kappa shape index (κ3) is 7.08. The Bertz CT molecular complexity index is 987. The quantitative estimate of drug-likeness (QED) is 0.448.